The molecule has 3 N–H and O–H groups in total. The second-order valence-corrected chi connectivity index (χ2v) is 7.53. The first-order valence-corrected chi connectivity index (χ1v) is 8.57. The predicted molar refractivity (Wildman–Crippen MR) is 83.3 cm³/mol. The molecule has 0 bridgehead atoms. The fourth-order valence-electron chi connectivity index (χ4n) is 3.98. The number of hydrogen-bond donors (Lipinski definition) is 2. The molecule has 2 aliphatic carbocycles. The standard InChI is InChI=1S/C17H32N2O/c1-13-5-7-15(8-6-13)9-11-19-16(20)17(18)10-3-4-14(2)12-17/h13-15H,3-12,18H2,1-2H3,(H,19,20). The molecule has 0 radical (unpaired) electrons. The Morgan fingerprint density at radius 3 is 2.50 bits per heavy atom. The molecule has 0 heterocycles. The van der Waals surface area contributed by atoms with E-state index in [1.807, 2.05) is 0 Å². The number of nitrogens with two attached hydrogens (primary N) is 1. The zero-order valence-electron chi connectivity index (χ0n) is 13.3. The average Bonchev–Trinajstić information content (AvgIpc) is 2.40. The van der Waals surface area contributed by atoms with E-state index >= 15 is 0 Å². The average molecular weight is 280 g/mol. The van der Waals surface area contributed by atoms with Gasteiger partial charge >= 0.3 is 0 Å². The molecule has 2 aliphatic rings. The highest BCUT2D eigenvalue weighted by Gasteiger charge is 2.37. The van der Waals surface area contributed by atoms with Crippen LogP contribution < -0.4 is 11.1 Å². The smallest absolute Gasteiger partial charge is 0.240 e. The van der Waals surface area contributed by atoms with Crippen LogP contribution in [0.1, 0.15) is 71.6 Å². The molecule has 0 saturated heterocycles. The van der Waals surface area contributed by atoms with Crippen LogP contribution in [-0.2, 0) is 4.79 Å². The number of nitrogens with one attached hydrogen (secondary N) is 1. The summed E-state index contributed by atoms with van der Waals surface area (Å²) in [6, 6.07) is 0. The molecule has 116 valence electrons. The van der Waals surface area contributed by atoms with Crippen LogP contribution in [0.4, 0.5) is 0 Å². The summed E-state index contributed by atoms with van der Waals surface area (Å²) in [6.45, 7) is 5.36. The van der Waals surface area contributed by atoms with Crippen molar-refractivity contribution in [1.29, 1.82) is 0 Å². The van der Waals surface area contributed by atoms with E-state index in [1.165, 1.54) is 32.1 Å². The largest absolute Gasteiger partial charge is 0.354 e. The third kappa shape index (κ3) is 4.21. The van der Waals surface area contributed by atoms with Crippen LogP contribution >= 0.6 is 0 Å². The molecule has 3 heteroatoms. The molecule has 2 atom stereocenters. The Hall–Kier alpha value is -0.570. The van der Waals surface area contributed by atoms with E-state index in [2.05, 4.69) is 19.2 Å². The first kappa shape index (κ1) is 15.8. The van der Waals surface area contributed by atoms with Crippen LogP contribution in [-0.4, -0.2) is 18.0 Å². The van der Waals surface area contributed by atoms with E-state index in [1.54, 1.807) is 0 Å². The Labute approximate surface area is 124 Å². The van der Waals surface area contributed by atoms with Crippen LogP contribution in [0.15, 0.2) is 0 Å². The molecule has 0 spiro atoms. The number of amides is 1. The third-order valence-electron chi connectivity index (χ3n) is 5.46. The van der Waals surface area contributed by atoms with Gasteiger partial charge in [0.2, 0.25) is 5.91 Å². The van der Waals surface area contributed by atoms with Gasteiger partial charge in [0.25, 0.3) is 0 Å². The van der Waals surface area contributed by atoms with Crippen molar-refractivity contribution in [2.24, 2.45) is 23.5 Å². The summed E-state index contributed by atoms with van der Waals surface area (Å²) < 4.78 is 0. The van der Waals surface area contributed by atoms with Crippen molar-refractivity contribution in [1.82, 2.24) is 5.32 Å². The van der Waals surface area contributed by atoms with Crippen molar-refractivity contribution in [3.63, 3.8) is 0 Å². The molecule has 2 rings (SSSR count). The van der Waals surface area contributed by atoms with E-state index in [0.29, 0.717) is 5.92 Å². The highest BCUT2D eigenvalue weighted by Crippen LogP contribution is 2.31. The Morgan fingerprint density at radius 1 is 1.15 bits per heavy atom. The van der Waals surface area contributed by atoms with Gasteiger partial charge < -0.3 is 11.1 Å². The molecule has 2 unspecified atom stereocenters. The van der Waals surface area contributed by atoms with E-state index in [0.717, 1.165) is 44.1 Å². The van der Waals surface area contributed by atoms with Crippen molar-refractivity contribution >= 4 is 5.91 Å². The Morgan fingerprint density at radius 2 is 1.85 bits per heavy atom. The lowest BCUT2D eigenvalue weighted by Gasteiger charge is -2.35. The van der Waals surface area contributed by atoms with Crippen LogP contribution in [0, 0.1) is 17.8 Å². The Balaban J connectivity index is 1.69. The van der Waals surface area contributed by atoms with Gasteiger partial charge in [-0.2, -0.15) is 0 Å². The second-order valence-electron chi connectivity index (χ2n) is 7.53. The first-order chi connectivity index (χ1) is 9.49. The van der Waals surface area contributed by atoms with Crippen molar-refractivity contribution in [2.45, 2.75) is 77.2 Å². The molecule has 0 aromatic heterocycles. The minimum Gasteiger partial charge on any atom is -0.354 e. The van der Waals surface area contributed by atoms with Gasteiger partial charge in [0, 0.05) is 6.54 Å². The van der Waals surface area contributed by atoms with Crippen molar-refractivity contribution in [2.75, 3.05) is 6.54 Å². The van der Waals surface area contributed by atoms with Crippen LogP contribution in [0.2, 0.25) is 0 Å². The molecule has 0 aliphatic heterocycles. The molecule has 20 heavy (non-hydrogen) atoms. The van der Waals surface area contributed by atoms with Crippen LogP contribution in [0.25, 0.3) is 0 Å². The molecule has 2 fully saturated rings. The predicted octanol–water partition coefficient (Wildman–Crippen LogP) is 3.23. The molecule has 0 aromatic carbocycles. The van der Waals surface area contributed by atoms with E-state index in [9.17, 15) is 4.79 Å². The van der Waals surface area contributed by atoms with E-state index < -0.39 is 5.54 Å². The molecule has 3 nitrogen and oxygen atoms in total. The molecule has 1 amide bonds. The van der Waals surface area contributed by atoms with Gasteiger partial charge in [0.1, 0.15) is 0 Å². The lowest BCUT2D eigenvalue weighted by atomic mass is 9.76. The zero-order valence-corrected chi connectivity index (χ0v) is 13.3. The quantitative estimate of drug-likeness (QED) is 0.830. The molecule has 0 aromatic rings. The summed E-state index contributed by atoms with van der Waals surface area (Å²) in [6.07, 6.45) is 10.5. The summed E-state index contributed by atoms with van der Waals surface area (Å²) in [5.41, 5.74) is 5.72. The van der Waals surface area contributed by atoms with Crippen molar-refractivity contribution in [3.8, 4) is 0 Å². The Bertz CT molecular complexity index is 323. The summed E-state index contributed by atoms with van der Waals surface area (Å²) in [4.78, 5) is 12.3. The molecule has 2 saturated carbocycles. The fraction of sp³-hybridized carbons (Fsp3) is 0.941. The maximum Gasteiger partial charge on any atom is 0.240 e. The van der Waals surface area contributed by atoms with Crippen LogP contribution in [0.5, 0.6) is 0 Å². The lowest BCUT2D eigenvalue weighted by molar-refractivity contribution is -0.128. The highest BCUT2D eigenvalue weighted by atomic mass is 16.2. The van der Waals surface area contributed by atoms with E-state index in [4.69, 9.17) is 5.73 Å². The van der Waals surface area contributed by atoms with Gasteiger partial charge in [0.05, 0.1) is 5.54 Å². The lowest BCUT2D eigenvalue weighted by Crippen LogP contribution is -2.56. The minimum atomic E-state index is -0.598. The third-order valence-corrected chi connectivity index (χ3v) is 5.46. The molecular weight excluding hydrogens is 248 g/mol. The Kier molecular flexibility index (Phi) is 5.48. The van der Waals surface area contributed by atoms with Crippen molar-refractivity contribution in [3.05, 3.63) is 0 Å². The highest BCUT2D eigenvalue weighted by molar-refractivity contribution is 5.86. The first-order valence-electron chi connectivity index (χ1n) is 8.57. The normalized spacial score (nSPS) is 38.5. The topological polar surface area (TPSA) is 55.1 Å². The number of rotatable bonds is 4. The maximum absolute atomic E-state index is 12.3. The van der Waals surface area contributed by atoms with Gasteiger partial charge in [-0.15, -0.1) is 0 Å². The number of hydrogen-bond acceptors (Lipinski definition) is 2. The van der Waals surface area contributed by atoms with Crippen LogP contribution in [0.3, 0.4) is 0 Å². The van der Waals surface area contributed by atoms with Gasteiger partial charge in [-0.25, -0.2) is 0 Å². The summed E-state index contributed by atoms with van der Waals surface area (Å²) in [7, 11) is 0. The number of carbonyl (C=O) groups excluding carboxylic acids is 1. The van der Waals surface area contributed by atoms with Gasteiger partial charge in [-0.1, -0.05) is 52.4 Å². The second kappa shape index (κ2) is 6.93. The fourth-order valence-corrected chi connectivity index (χ4v) is 3.98. The summed E-state index contributed by atoms with van der Waals surface area (Å²) >= 11 is 0. The monoisotopic (exact) mass is 280 g/mol. The minimum absolute atomic E-state index is 0.0910. The van der Waals surface area contributed by atoms with E-state index in [-0.39, 0.29) is 5.91 Å². The zero-order chi connectivity index (χ0) is 14.6. The number of carbonyl (C=O) groups is 1. The SMILES string of the molecule is CC1CCC(CCNC(=O)C2(N)CCCC(C)C2)CC1. The van der Waals surface area contributed by atoms with Gasteiger partial charge in [-0.3, -0.25) is 4.79 Å². The van der Waals surface area contributed by atoms with Gasteiger partial charge in [-0.05, 0) is 37.0 Å². The summed E-state index contributed by atoms with van der Waals surface area (Å²) in [5.74, 6) is 2.38. The van der Waals surface area contributed by atoms with Gasteiger partial charge in [0.15, 0.2) is 0 Å². The maximum atomic E-state index is 12.3. The summed E-state index contributed by atoms with van der Waals surface area (Å²) in [5, 5.41) is 3.11. The molecular formula is C17H32N2O. The van der Waals surface area contributed by atoms with Crippen molar-refractivity contribution < 1.29 is 4.79 Å².